The molecule has 0 saturated carbocycles. The summed E-state index contributed by atoms with van der Waals surface area (Å²) in [7, 11) is 0. The first-order chi connectivity index (χ1) is 8.65. The lowest BCUT2D eigenvalue weighted by Gasteiger charge is -2.37. The van der Waals surface area contributed by atoms with Gasteiger partial charge in [0.05, 0.1) is 11.3 Å². The van der Waals surface area contributed by atoms with Crippen LogP contribution >= 0.6 is 11.8 Å². The Balaban J connectivity index is 2.36. The van der Waals surface area contributed by atoms with E-state index in [1.54, 1.807) is 11.8 Å². The highest BCUT2D eigenvalue weighted by molar-refractivity contribution is 7.98. The summed E-state index contributed by atoms with van der Waals surface area (Å²) >= 11 is 1.65. The topological polar surface area (TPSA) is 27.0 Å². The maximum absolute atomic E-state index is 9.40. The Labute approximate surface area is 114 Å². The number of benzene rings is 1. The maximum Gasteiger partial charge on any atom is 0.103 e. The summed E-state index contributed by atoms with van der Waals surface area (Å²) in [5, 5.41) is 9.40. The molecule has 0 radical (unpaired) electrons. The smallest absolute Gasteiger partial charge is 0.103 e. The molecule has 2 rings (SSSR count). The molecule has 1 fully saturated rings. The zero-order valence-electron chi connectivity index (χ0n) is 11.3. The third-order valence-electron chi connectivity index (χ3n) is 3.55. The van der Waals surface area contributed by atoms with Crippen LogP contribution in [0.3, 0.4) is 0 Å². The van der Waals surface area contributed by atoms with E-state index in [1.807, 2.05) is 12.3 Å². The van der Waals surface area contributed by atoms with Crippen molar-refractivity contribution in [2.75, 3.05) is 24.2 Å². The summed E-state index contributed by atoms with van der Waals surface area (Å²) in [5.41, 5.74) is 1.95. The van der Waals surface area contributed by atoms with Crippen LogP contribution in [0.25, 0.3) is 0 Å². The number of piperidine rings is 1. The first kappa shape index (κ1) is 13.3. The molecule has 1 heterocycles. The van der Waals surface area contributed by atoms with Gasteiger partial charge in [-0.25, -0.2) is 0 Å². The van der Waals surface area contributed by atoms with E-state index in [0.29, 0.717) is 11.8 Å². The minimum Gasteiger partial charge on any atom is -0.370 e. The number of nitriles is 1. The highest BCUT2D eigenvalue weighted by atomic mass is 32.2. The molecule has 2 nitrogen and oxygen atoms in total. The fourth-order valence-corrected chi connectivity index (χ4v) is 3.49. The van der Waals surface area contributed by atoms with Crippen molar-refractivity contribution in [2.45, 2.75) is 25.2 Å². The third-order valence-corrected chi connectivity index (χ3v) is 4.33. The fraction of sp³-hybridized carbons (Fsp3) is 0.533. The Morgan fingerprint density at radius 1 is 1.28 bits per heavy atom. The molecule has 0 amide bonds. The Kier molecular flexibility index (Phi) is 4.19. The molecule has 3 heteroatoms. The molecule has 18 heavy (non-hydrogen) atoms. The summed E-state index contributed by atoms with van der Waals surface area (Å²) in [6, 6.07) is 8.56. The SMILES string of the molecule is CSc1cccc(N2CC(C)CC(C)C2)c1C#N. The average Bonchev–Trinajstić information content (AvgIpc) is 2.36. The van der Waals surface area contributed by atoms with Crippen molar-refractivity contribution in [3.63, 3.8) is 0 Å². The standard InChI is InChI=1S/C15H20N2S/c1-11-7-12(2)10-17(9-11)14-5-4-6-15(18-3)13(14)8-16/h4-6,11-12H,7,9-10H2,1-3H3. The molecule has 1 aliphatic rings. The summed E-state index contributed by atoms with van der Waals surface area (Å²) in [4.78, 5) is 3.47. The monoisotopic (exact) mass is 260 g/mol. The van der Waals surface area contributed by atoms with Crippen molar-refractivity contribution < 1.29 is 0 Å². The fourth-order valence-electron chi connectivity index (χ4n) is 2.93. The van der Waals surface area contributed by atoms with Crippen LogP contribution in [0.1, 0.15) is 25.8 Å². The second-order valence-corrected chi connectivity index (χ2v) is 6.17. The summed E-state index contributed by atoms with van der Waals surface area (Å²) in [6.45, 7) is 6.73. The molecule has 2 unspecified atom stereocenters. The predicted molar refractivity (Wildman–Crippen MR) is 78.1 cm³/mol. The van der Waals surface area contributed by atoms with Gasteiger partial charge in [0.1, 0.15) is 6.07 Å². The lowest BCUT2D eigenvalue weighted by molar-refractivity contribution is 0.356. The zero-order chi connectivity index (χ0) is 13.1. The molecule has 0 aromatic heterocycles. The van der Waals surface area contributed by atoms with E-state index in [0.717, 1.165) is 29.2 Å². The van der Waals surface area contributed by atoms with E-state index in [2.05, 4.69) is 36.9 Å². The lowest BCUT2D eigenvalue weighted by Crippen LogP contribution is -2.39. The molecular formula is C15H20N2S. The zero-order valence-corrected chi connectivity index (χ0v) is 12.1. The number of anilines is 1. The van der Waals surface area contributed by atoms with Crippen LogP contribution in [-0.2, 0) is 0 Å². The van der Waals surface area contributed by atoms with Gasteiger partial charge in [-0.1, -0.05) is 19.9 Å². The number of hydrogen-bond acceptors (Lipinski definition) is 3. The minimum atomic E-state index is 0.707. The molecule has 96 valence electrons. The van der Waals surface area contributed by atoms with Crippen LogP contribution in [-0.4, -0.2) is 19.3 Å². The van der Waals surface area contributed by atoms with Crippen LogP contribution in [0, 0.1) is 23.2 Å². The summed E-state index contributed by atoms with van der Waals surface area (Å²) in [6.07, 6.45) is 3.32. The van der Waals surface area contributed by atoms with Crippen molar-refractivity contribution >= 4 is 17.4 Å². The quantitative estimate of drug-likeness (QED) is 0.758. The Morgan fingerprint density at radius 2 is 1.94 bits per heavy atom. The first-order valence-electron chi connectivity index (χ1n) is 6.47. The van der Waals surface area contributed by atoms with E-state index in [-0.39, 0.29) is 0 Å². The molecule has 0 N–H and O–H groups in total. The summed E-state index contributed by atoms with van der Waals surface area (Å²) in [5.74, 6) is 1.41. The highest BCUT2D eigenvalue weighted by Crippen LogP contribution is 2.32. The van der Waals surface area contributed by atoms with Crippen molar-refractivity contribution in [2.24, 2.45) is 11.8 Å². The second kappa shape index (κ2) is 5.67. The minimum absolute atomic E-state index is 0.707. The molecule has 0 bridgehead atoms. The van der Waals surface area contributed by atoms with Gasteiger partial charge in [0, 0.05) is 18.0 Å². The van der Waals surface area contributed by atoms with Crippen molar-refractivity contribution in [3.05, 3.63) is 23.8 Å². The van der Waals surface area contributed by atoms with Crippen molar-refractivity contribution in [1.29, 1.82) is 5.26 Å². The molecule has 1 aliphatic heterocycles. The average molecular weight is 260 g/mol. The van der Waals surface area contributed by atoms with Crippen LogP contribution < -0.4 is 4.90 Å². The van der Waals surface area contributed by atoms with Gasteiger partial charge in [0.2, 0.25) is 0 Å². The van der Waals surface area contributed by atoms with Crippen molar-refractivity contribution in [1.82, 2.24) is 0 Å². The number of nitrogens with zero attached hydrogens (tertiary/aromatic N) is 2. The van der Waals surface area contributed by atoms with Gasteiger partial charge in [0.15, 0.2) is 0 Å². The van der Waals surface area contributed by atoms with Gasteiger partial charge in [-0.3, -0.25) is 0 Å². The number of hydrogen-bond donors (Lipinski definition) is 0. The van der Waals surface area contributed by atoms with Gasteiger partial charge in [0.25, 0.3) is 0 Å². The van der Waals surface area contributed by atoms with Gasteiger partial charge in [-0.15, -0.1) is 11.8 Å². The summed E-state index contributed by atoms with van der Waals surface area (Å²) < 4.78 is 0. The Hall–Kier alpha value is -1.14. The highest BCUT2D eigenvalue weighted by Gasteiger charge is 2.24. The van der Waals surface area contributed by atoms with Gasteiger partial charge >= 0.3 is 0 Å². The molecule has 0 spiro atoms. The van der Waals surface area contributed by atoms with E-state index >= 15 is 0 Å². The van der Waals surface area contributed by atoms with Crippen LogP contribution in [0.2, 0.25) is 0 Å². The Morgan fingerprint density at radius 3 is 2.50 bits per heavy atom. The van der Waals surface area contributed by atoms with Gasteiger partial charge in [-0.05, 0) is 36.6 Å². The largest absolute Gasteiger partial charge is 0.370 e. The predicted octanol–water partition coefficient (Wildman–Crippen LogP) is 3.76. The number of rotatable bonds is 2. The molecule has 1 saturated heterocycles. The van der Waals surface area contributed by atoms with Gasteiger partial charge < -0.3 is 4.90 Å². The first-order valence-corrected chi connectivity index (χ1v) is 7.70. The normalized spacial score (nSPS) is 23.8. The molecule has 2 atom stereocenters. The van der Waals surface area contributed by atoms with E-state index in [9.17, 15) is 5.26 Å². The molecule has 1 aromatic rings. The Bertz CT molecular complexity index is 454. The molecular weight excluding hydrogens is 240 g/mol. The third kappa shape index (κ3) is 2.64. The molecule has 1 aromatic carbocycles. The van der Waals surface area contributed by atoms with E-state index in [1.165, 1.54) is 6.42 Å². The van der Waals surface area contributed by atoms with Crippen LogP contribution in [0.4, 0.5) is 5.69 Å². The number of thioether (sulfide) groups is 1. The lowest BCUT2D eigenvalue weighted by atomic mass is 9.91. The second-order valence-electron chi connectivity index (χ2n) is 5.32. The van der Waals surface area contributed by atoms with E-state index < -0.39 is 0 Å². The van der Waals surface area contributed by atoms with E-state index in [4.69, 9.17) is 0 Å². The van der Waals surface area contributed by atoms with Crippen LogP contribution in [0.5, 0.6) is 0 Å². The maximum atomic E-state index is 9.40. The van der Waals surface area contributed by atoms with Crippen LogP contribution in [0.15, 0.2) is 23.1 Å². The molecule has 0 aliphatic carbocycles. The van der Waals surface area contributed by atoms with Gasteiger partial charge in [-0.2, -0.15) is 5.26 Å². The van der Waals surface area contributed by atoms with Crippen molar-refractivity contribution in [3.8, 4) is 6.07 Å².